The number of aliphatic imine (C=N–C) groups is 1. The zero-order chi connectivity index (χ0) is 12.8. The third-order valence-corrected chi connectivity index (χ3v) is 4.74. The molecule has 2 aliphatic rings. The van der Waals surface area contributed by atoms with Crippen molar-refractivity contribution in [2.24, 2.45) is 22.6 Å². The van der Waals surface area contributed by atoms with E-state index < -0.39 is 0 Å². The van der Waals surface area contributed by atoms with Crippen LogP contribution < -0.4 is 5.73 Å². The van der Waals surface area contributed by atoms with Gasteiger partial charge >= 0.3 is 0 Å². The molecule has 0 unspecified atom stereocenters. The first-order chi connectivity index (χ1) is 8.79. The molecule has 1 saturated heterocycles. The minimum atomic E-state index is 0. The van der Waals surface area contributed by atoms with Crippen LogP contribution in [0.4, 0.5) is 0 Å². The highest BCUT2D eigenvalue weighted by atomic mass is 127. The molecule has 4 heteroatoms. The van der Waals surface area contributed by atoms with Crippen LogP contribution in [0.5, 0.6) is 0 Å². The van der Waals surface area contributed by atoms with Gasteiger partial charge in [-0.15, -0.1) is 24.0 Å². The topological polar surface area (TPSA) is 41.6 Å². The molecule has 2 rings (SSSR count). The lowest BCUT2D eigenvalue weighted by atomic mass is 9.81. The Kier molecular flexibility index (Phi) is 8.11. The van der Waals surface area contributed by atoms with E-state index in [2.05, 4.69) is 16.8 Å². The summed E-state index contributed by atoms with van der Waals surface area (Å²) in [5.74, 6) is 2.56. The van der Waals surface area contributed by atoms with Gasteiger partial charge in [-0.1, -0.05) is 26.2 Å². The number of likely N-dealkylation sites (tertiary alicyclic amines) is 1. The Hall–Kier alpha value is 0. The Bertz CT molecular complexity index is 267. The van der Waals surface area contributed by atoms with E-state index in [1.54, 1.807) is 0 Å². The maximum atomic E-state index is 6.09. The van der Waals surface area contributed by atoms with Crippen LogP contribution in [-0.2, 0) is 0 Å². The Morgan fingerprint density at radius 1 is 1.05 bits per heavy atom. The normalized spacial score (nSPS) is 28.9. The highest BCUT2D eigenvalue weighted by Gasteiger charge is 2.20. The summed E-state index contributed by atoms with van der Waals surface area (Å²) in [7, 11) is 0. The van der Waals surface area contributed by atoms with Crippen molar-refractivity contribution >= 4 is 29.9 Å². The van der Waals surface area contributed by atoms with Crippen molar-refractivity contribution in [3.63, 3.8) is 0 Å². The van der Waals surface area contributed by atoms with Crippen molar-refractivity contribution in [2.45, 2.75) is 58.3 Å². The summed E-state index contributed by atoms with van der Waals surface area (Å²) >= 11 is 0. The third kappa shape index (κ3) is 5.48. The SMILES string of the molecule is CCC1CCC(CN=C(N)N2CCCCC2)CC1.I. The van der Waals surface area contributed by atoms with Crippen molar-refractivity contribution in [3.8, 4) is 0 Å². The molecule has 0 aromatic heterocycles. The number of halogens is 1. The van der Waals surface area contributed by atoms with E-state index in [0.29, 0.717) is 0 Å². The van der Waals surface area contributed by atoms with Crippen LogP contribution in [0, 0.1) is 11.8 Å². The molecule has 0 atom stereocenters. The molecular weight excluding hydrogens is 349 g/mol. The van der Waals surface area contributed by atoms with E-state index >= 15 is 0 Å². The molecule has 2 N–H and O–H groups in total. The monoisotopic (exact) mass is 379 g/mol. The summed E-state index contributed by atoms with van der Waals surface area (Å²) < 4.78 is 0. The minimum absolute atomic E-state index is 0. The molecule has 0 spiro atoms. The molecule has 112 valence electrons. The van der Waals surface area contributed by atoms with Crippen molar-refractivity contribution in [1.29, 1.82) is 0 Å². The molecule has 0 radical (unpaired) electrons. The summed E-state index contributed by atoms with van der Waals surface area (Å²) in [5.41, 5.74) is 6.09. The zero-order valence-corrected chi connectivity index (χ0v) is 14.6. The predicted octanol–water partition coefficient (Wildman–Crippen LogP) is 3.62. The van der Waals surface area contributed by atoms with Crippen molar-refractivity contribution in [1.82, 2.24) is 4.90 Å². The average Bonchev–Trinajstić information content (AvgIpc) is 2.46. The molecule has 1 saturated carbocycles. The van der Waals surface area contributed by atoms with Crippen molar-refractivity contribution in [2.75, 3.05) is 19.6 Å². The Morgan fingerprint density at radius 3 is 2.21 bits per heavy atom. The molecule has 2 fully saturated rings. The van der Waals surface area contributed by atoms with E-state index in [9.17, 15) is 0 Å². The number of rotatable bonds is 3. The zero-order valence-electron chi connectivity index (χ0n) is 12.3. The van der Waals surface area contributed by atoms with Gasteiger partial charge in [-0.2, -0.15) is 0 Å². The lowest BCUT2D eigenvalue weighted by Crippen LogP contribution is -2.41. The van der Waals surface area contributed by atoms with Gasteiger partial charge in [0.15, 0.2) is 5.96 Å². The summed E-state index contributed by atoms with van der Waals surface area (Å²) in [4.78, 5) is 6.91. The fourth-order valence-corrected chi connectivity index (χ4v) is 3.27. The van der Waals surface area contributed by atoms with E-state index in [-0.39, 0.29) is 24.0 Å². The van der Waals surface area contributed by atoms with Crippen LogP contribution in [0.2, 0.25) is 0 Å². The van der Waals surface area contributed by atoms with E-state index in [1.165, 1.54) is 51.4 Å². The third-order valence-electron chi connectivity index (χ3n) is 4.74. The van der Waals surface area contributed by atoms with Gasteiger partial charge in [0.05, 0.1) is 0 Å². The van der Waals surface area contributed by atoms with E-state index in [0.717, 1.165) is 37.4 Å². The molecule has 1 heterocycles. The number of piperidine rings is 1. The smallest absolute Gasteiger partial charge is 0.191 e. The summed E-state index contributed by atoms with van der Waals surface area (Å²) in [6.07, 6.45) is 10.8. The summed E-state index contributed by atoms with van der Waals surface area (Å²) in [6.45, 7) is 5.49. The molecule has 0 bridgehead atoms. The van der Waals surface area contributed by atoms with Crippen LogP contribution in [0.1, 0.15) is 58.3 Å². The molecule has 0 amide bonds. The van der Waals surface area contributed by atoms with Crippen LogP contribution in [0.15, 0.2) is 4.99 Å². The fourth-order valence-electron chi connectivity index (χ4n) is 3.27. The van der Waals surface area contributed by atoms with Crippen LogP contribution in [0.25, 0.3) is 0 Å². The van der Waals surface area contributed by atoms with Crippen molar-refractivity contribution < 1.29 is 0 Å². The van der Waals surface area contributed by atoms with Gasteiger partial charge < -0.3 is 10.6 Å². The number of nitrogens with two attached hydrogens (primary N) is 1. The van der Waals surface area contributed by atoms with E-state index in [4.69, 9.17) is 5.73 Å². The quantitative estimate of drug-likeness (QED) is 0.462. The Labute approximate surface area is 135 Å². The van der Waals surface area contributed by atoms with Gasteiger partial charge in [0.2, 0.25) is 0 Å². The first-order valence-electron chi connectivity index (χ1n) is 7.84. The number of nitrogens with zero attached hydrogens (tertiary/aromatic N) is 2. The molecule has 0 aromatic carbocycles. The van der Waals surface area contributed by atoms with Gasteiger partial charge in [0.25, 0.3) is 0 Å². The van der Waals surface area contributed by atoms with Crippen LogP contribution >= 0.6 is 24.0 Å². The molecule has 19 heavy (non-hydrogen) atoms. The minimum Gasteiger partial charge on any atom is -0.370 e. The summed E-state index contributed by atoms with van der Waals surface area (Å²) in [5, 5.41) is 0. The second-order valence-electron chi connectivity index (χ2n) is 6.04. The molecular formula is C15H30IN3. The van der Waals surface area contributed by atoms with E-state index in [1.807, 2.05) is 0 Å². The number of hydrogen-bond donors (Lipinski definition) is 1. The molecule has 3 nitrogen and oxygen atoms in total. The number of guanidine groups is 1. The van der Waals surface area contributed by atoms with Crippen molar-refractivity contribution in [3.05, 3.63) is 0 Å². The second-order valence-corrected chi connectivity index (χ2v) is 6.04. The number of hydrogen-bond acceptors (Lipinski definition) is 1. The fraction of sp³-hybridized carbons (Fsp3) is 0.933. The van der Waals surface area contributed by atoms with Gasteiger partial charge in [0.1, 0.15) is 0 Å². The van der Waals surface area contributed by atoms with Gasteiger partial charge in [-0.25, -0.2) is 0 Å². The van der Waals surface area contributed by atoms with Crippen LogP contribution in [-0.4, -0.2) is 30.5 Å². The molecule has 0 aromatic rings. The average molecular weight is 379 g/mol. The standard InChI is InChI=1S/C15H29N3.HI/c1-2-13-6-8-14(9-7-13)12-17-15(16)18-10-4-3-5-11-18;/h13-14H,2-12H2,1H3,(H2,16,17);1H. The largest absolute Gasteiger partial charge is 0.370 e. The first-order valence-corrected chi connectivity index (χ1v) is 7.84. The first kappa shape index (κ1) is 17.1. The van der Waals surface area contributed by atoms with Gasteiger partial charge in [-0.05, 0) is 43.9 Å². The highest BCUT2D eigenvalue weighted by Crippen LogP contribution is 2.30. The lowest BCUT2D eigenvalue weighted by Gasteiger charge is -2.29. The Balaban J connectivity index is 0.00000180. The molecule has 1 aliphatic carbocycles. The van der Waals surface area contributed by atoms with Gasteiger partial charge in [0, 0.05) is 19.6 Å². The lowest BCUT2D eigenvalue weighted by molar-refractivity contribution is 0.273. The highest BCUT2D eigenvalue weighted by molar-refractivity contribution is 14.0. The van der Waals surface area contributed by atoms with Gasteiger partial charge in [-0.3, -0.25) is 4.99 Å². The maximum Gasteiger partial charge on any atom is 0.191 e. The second kappa shape index (κ2) is 9.03. The summed E-state index contributed by atoms with van der Waals surface area (Å²) in [6, 6.07) is 0. The molecule has 1 aliphatic heterocycles. The Morgan fingerprint density at radius 2 is 1.63 bits per heavy atom. The van der Waals surface area contributed by atoms with Crippen LogP contribution in [0.3, 0.4) is 0 Å². The predicted molar refractivity (Wildman–Crippen MR) is 93.1 cm³/mol. The maximum absolute atomic E-state index is 6.09.